The van der Waals surface area contributed by atoms with Gasteiger partial charge in [0.1, 0.15) is 11.2 Å². The molecule has 0 atom stereocenters. The van der Waals surface area contributed by atoms with E-state index in [2.05, 4.69) is 103 Å². The summed E-state index contributed by atoms with van der Waals surface area (Å²) in [5, 5.41) is 9.51. The van der Waals surface area contributed by atoms with Crippen LogP contribution in [0, 0.1) is 0 Å². The Labute approximate surface area is 282 Å². The number of rotatable bonds is 4. The van der Waals surface area contributed by atoms with Gasteiger partial charge >= 0.3 is 0 Å². The third-order valence-electron chi connectivity index (χ3n) is 9.53. The van der Waals surface area contributed by atoms with Gasteiger partial charge in [0, 0.05) is 27.5 Å². The van der Waals surface area contributed by atoms with Gasteiger partial charge in [-0.3, -0.25) is 0 Å². The molecule has 228 valence electrons. The molecule has 0 aliphatic carbocycles. The average Bonchev–Trinajstić information content (AvgIpc) is 3.57. The number of nitrogens with zero attached hydrogens (tertiary/aromatic N) is 3. The summed E-state index contributed by atoms with van der Waals surface area (Å²) in [6.07, 6.45) is 0. The summed E-state index contributed by atoms with van der Waals surface area (Å²) in [6.45, 7) is 0. The summed E-state index contributed by atoms with van der Waals surface area (Å²) < 4.78 is 6.23. The van der Waals surface area contributed by atoms with Crippen LogP contribution in [0.3, 0.4) is 0 Å². The lowest BCUT2D eigenvalue weighted by Crippen LogP contribution is -2.01. The molecule has 0 aliphatic rings. The van der Waals surface area contributed by atoms with Crippen LogP contribution in [0.4, 0.5) is 0 Å². The summed E-state index contributed by atoms with van der Waals surface area (Å²) in [4.78, 5) is 15.4. The molecule has 0 aliphatic heterocycles. The first-order valence-electron chi connectivity index (χ1n) is 16.4. The third-order valence-corrected chi connectivity index (χ3v) is 9.53. The quantitative estimate of drug-likeness (QED) is 0.183. The normalized spacial score (nSPS) is 11.7. The molecular weight excluding hydrogens is 599 g/mol. The molecular formula is C45H27N3O. The Morgan fingerprint density at radius 1 is 0.327 bits per heavy atom. The first-order valence-corrected chi connectivity index (χ1v) is 16.4. The Kier molecular flexibility index (Phi) is 6.15. The number of fused-ring (bicyclic) bond motifs is 8. The Morgan fingerprint density at radius 3 is 1.78 bits per heavy atom. The van der Waals surface area contributed by atoms with Crippen molar-refractivity contribution in [2.24, 2.45) is 0 Å². The summed E-state index contributed by atoms with van der Waals surface area (Å²) >= 11 is 0. The third kappa shape index (κ3) is 4.49. The molecule has 0 saturated heterocycles. The first-order chi connectivity index (χ1) is 24.3. The van der Waals surface area contributed by atoms with Crippen LogP contribution < -0.4 is 0 Å². The fraction of sp³-hybridized carbons (Fsp3) is 0. The Morgan fingerprint density at radius 2 is 0.918 bits per heavy atom. The van der Waals surface area contributed by atoms with E-state index in [0.29, 0.717) is 17.5 Å². The molecule has 10 aromatic rings. The molecule has 0 radical (unpaired) electrons. The van der Waals surface area contributed by atoms with Crippen LogP contribution >= 0.6 is 0 Å². The second kappa shape index (κ2) is 11.0. The van der Waals surface area contributed by atoms with Crippen LogP contribution in [-0.4, -0.2) is 15.0 Å². The van der Waals surface area contributed by atoms with E-state index in [1.807, 2.05) is 60.7 Å². The molecule has 49 heavy (non-hydrogen) atoms. The van der Waals surface area contributed by atoms with Crippen LogP contribution in [-0.2, 0) is 0 Å². The maximum absolute atomic E-state index is 6.23. The van der Waals surface area contributed by atoms with E-state index in [4.69, 9.17) is 19.4 Å². The highest BCUT2D eigenvalue weighted by atomic mass is 16.3. The summed E-state index contributed by atoms with van der Waals surface area (Å²) in [6, 6.07) is 57.0. The lowest BCUT2D eigenvalue weighted by molar-refractivity contribution is 0.669. The smallest absolute Gasteiger partial charge is 0.164 e. The van der Waals surface area contributed by atoms with Gasteiger partial charge < -0.3 is 4.42 Å². The fourth-order valence-electron chi connectivity index (χ4n) is 7.22. The van der Waals surface area contributed by atoms with E-state index in [1.165, 1.54) is 32.3 Å². The highest BCUT2D eigenvalue weighted by molar-refractivity contribution is 6.17. The number of benzene rings is 8. The molecule has 0 unspecified atom stereocenters. The van der Waals surface area contributed by atoms with Gasteiger partial charge in [-0.2, -0.15) is 0 Å². The molecule has 2 heterocycles. The van der Waals surface area contributed by atoms with Gasteiger partial charge in [-0.1, -0.05) is 146 Å². The molecule has 8 aromatic carbocycles. The molecule has 0 bridgehead atoms. The summed E-state index contributed by atoms with van der Waals surface area (Å²) in [5.41, 5.74) is 6.59. The molecule has 4 heteroatoms. The minimum absolute atomic E-state index is 0.605. The second-order valence-corrected chi connectivity index (χ2v) is 12.4. The zero-order chi connectivity index (χ0) is 32.3. The molecule has 2 aromatic heterocycles. The first kappa shape index (κ1) is 27.5. The van der Waals surface area contributed by atoms with Crippen molar-refractivity contribution in [2.45, 2.75) is 0 Å². The van der Waals surface area contributed by atoms with Gasteiger partial charge in [-0.15, -0.1) is 0 Å². The van der Waals surface area contributed by atoms with Crippen molar-refractivity contribution >= 4 is 54.3 Å². The molecule has 10 rings (SSSR count). The Bertz CT molecular complexity index is 2890. The van der Waals surface area contributed by atoms with Gasteiger partial charge in [0.15, 0.2) is 17.5 Å². The van der Waals surface area contributed by atoms with E-state index < -0.39 is 0 Å². The van der Waals surface area contributed by atoms with Crippen LogP contribution in [0.2, 0.25) is 0 Å². The maximum atomic E-state index is 6.23. The Hall–Kier alpha value is -6.65. The number of aromatic nitrogens is 3. The second-order valence-electron chi connectivity index (χ2n) is 12.4. The van der Waals surface area contributed by atoms with E-state index in [9.17, 15) is 0 Å². The highest BCUT2D eigenvalue weighted by Gasteiger charge is 2.19. The topological polar surface area (TPSA) is 51.8 Å². The van der Waals surface area contributed by atoms with E-state index in [1.54, 1.807) is 0 Å². The standard InChI is InChI=1S/C45H27N3O/c1-2-12-29(13-3-1)43-46-44(48-45(47-43)39-18-10-20-41-42(39)38-17-8-9-19-40(38)49-41)37-16-7-6-15-33(37)30-22-24-34-31(27-30)23-26-35-32-14-5-4-11-28(32)21-25-36(34)35/h1-27H. The number of furan rings is 1. The zero-order valence-electron chi connectivity index (χ0n) is 26.3. The monoisotopic (exact) mass is 625 g/mol. The van der Waals surface area contributed by atoms with Crippen molar-refractivity contribution in [3.05, 3.63) is 164 Å². The van der Waals surface area contributed by atoms with Gasteiger partial charge in [0.05, 0.1) is 0 Å². The van der Waals surface area contributed by atoms with E-state index >= 15 is 0 Å². The van der Waals surface area contributed by atoms with Crippen molar-refractivity contribution in [2.75, 3.05) is 0 Å². The van der Waals surface area contributed by atoms with Crippen molar-refractivity contribution < 1.29 is 4.42 Å². The van der Waals surface area contributed by atoms with Crippen molar-refractivity contribution in [1.29, 1.82) is 0 Å². The molecule has 0 N–H and O–H groups in total. The lowest BCUT2D eigenvalue weighted by atomic mass is 9.93. The molecule has 0 spiro atoms. The van der Waals surface area contributed by atoms with Crippen LogP contribution in [0.5, 0.6) is 0 Å². The van der Waals surface area contributed by atoms with Gasteiger partial charge in [0.2, 0.25) is 0 Å². The summed E-state index contributed by atoms with van der Waals surface area (Å²) in [7, 11) is 0. The molecule has 4 nitrogen and oxygen atoms in total. The van der Waals surface area contributed by atoms with E-state index in [-0.39, 0.29) is 0 Å². The largest absolute Gasteiger partial charge is 0.456 e. The van der Waals surface area contributed by atoms with Crippen LogP contribution in [0.15, 0.2) is 168 Å². The predicted octanol–water partition coefficient (Wildman–Crippen LogP) is 11.9. The lowest BCUT2D eigenvalue weighted by Gasteiger charge is -2.13. The van der Waals surface area contributed by atoms with Crippen molar-refractivity contribution in [1.82, 2.24) is 15.0 Å². The van der Waals surface area contributed by atoms with Gasteiger partial charge in [0.25, 0.3) is 0 Å². The maximum Gasteiger partial charge on any atom is 0.164 e. The number of hydrogen-bond donors (Lipinski definition) is 0. The SMILES string of the molecule is c1ccc(-c2nc(-c3ccccc3-c3ccc4c(ccc5c6ccccc6ccc45)c3)nc(-c3cccc4oc5ccccc5c34)n2)cc1. The number of hydrogen-bond acceptors (Lipinski definition) is 4. The molecule has 0 fully saturated rings. The highest BCUT2D eigenvalue weighted by Crippen LogP contribution is 2.39. The van der Waals surface area contributed by atoms with E-state index in [0.717, 1.165) is 49.8 Å². The summed E-state index contributed by atoms with van der Waals surface area (Å²) in [5.74, 6) is 1.85. The minimum atomic E-state index is 0.605. The van der Waals surface area contributed by atoms with Gasteiger partial charge in [-0.25, -0.2) is 15.0 Å². The van der Waals surface area contributed by atoms with Crippen molar-refractivity contribution in [3.8, 4) is 45.3 Å². The number of para-hydroxylation sites is 1. The average molecular weight is 626 g/mol. The molecule has 0 amide bonds. The predicted molar refractivity (Wildman–Crippen MR) is 201 cm³/mol. The molecule has 0 saturated carbocycles. The fourth-order valence-corrected chi connectivity index (χ4v) is 7.22. The van der Waals surface area contributed by atoms with Crippen molar-refractivity contribution in [3.63, 3.8) is 0 Å². The Balaban J connectivity index is 1.17. The van der Waals surface area contributed by atoms with Gasteiger partial charge in [-0.05, 0) is 61.6 Å². The zero-order valence-corrected chi connectivity index (χ0v) is 26.3. The minimum Gasteiger partial charge on any atom is -0.456 e. The van der Waals surface area contributed by atoms with Crippen LogP contribution in [0.25, 0.3) is 99.5 Å². The van der Waals surface area contributed by atoms with Crippen LogP contribution in [0.1, 0.15) is 0 Å².